The van der Waals surface area contributed by atoms with Gasteiger partial charge in [-0.15, -0.1) is 0 Å². The lowest BCUT2D eigenvalue weighted by Gasteiger charge is -2.11. The number of nitrogens with zero attached hydrogens (tertiary/aromatic N) is 1. The van der Waals surface area contributed by atoms with Crippen LogP contribution >= 0.6 is 0 Å². The van der Waals surface area contributed by atoms with Gasteiger partial charge in [0.1, 0.15) is 0 Å². The molecule has 0 atom stereocenters. The van der Waals surface area contributed by atoms with E-state index in [0.29, 0.717) is 18.5 Å². The first-order valence-electron chi connectivity index (χ1n) is 7.73. The third-order valence-corrected chi connectivity index (χ3v) is 4.19. The minimum atomic E-state index is -0.906. The average Bonchev–Trinajstić information content (AvgIpc) is 2.77. The van der Waals surface area contributed by atoms with Crippen LogP contribution in [0.4, 0.5) is 0 Å². The Balaban J connectivity index is 2.78. The van der Waals surface area contributed by atoms with Crippen LogP contribution in [0.3, 0.4) is 0 Å². The highest BCUT2D eigenvalue weighted by atomic mass is 16.4. The molecule has 0 spiro atoms. The van der Waals surface area contributed by atoms with Crippen LogP contribution < -0.4 is 5.73 Å². The third kappa shape index (κ3) is 2.87. The van der Waals surface area contributed by atoms with Crippen molar-refractivity contribution in [3.63, 3.8) is 0 Å². The molecule has 2 aromatic rings. The molecule has 0 aliphatic rings. The molecule has 0 saturated carbocycles. The van der Waals surface area contributed by atoms with Crippen molar-refractivity contribution in [3.8, 4) is 0 Å². The Morgan fingerprint density at radius 2 is 2.09 bits per heavy atom. The van der Waals surface area contributed by atoms with Crippen LogP contribution in [0.25, 0.3) is 10.9 Å². The van der Waals surface area contributed by atoms with E-state index in [4.69, 9.17) is 10.8 Å². The lowest BCUT2D eigenvalue weighted by molar-refractivity contribution is 0.0697. The molecule has 1 heterocycles. The maximum absolute atomic E-state index is 11.4. The Hall–Kier alpha value is -1.85. The Morgan fingerprint density at radius 1 is 1.36 bits per heavy atom. The topological polar surface area (TPSA) is 88.5 Å². The van der Waals surface area contributed by atoms with Crippen LogP contribution in [-0.4, -0.2) is 33.9 Å². The second kappa shape index (κ2) is 6.94. The molecule has 2 rings (SSSR count). The second-order valence-electron chi connectivity index (χ2n) is 5.52. The number of aliphatic hydroxyl groups is 1. The van der Waals surface area contributed by atoms with Gasteiger partial charge in [-0.05, 0) is 56.0 Å². The standard InChI is InChI=1S/C17H24N2O3/c1-3-12-9-13(17(21)22)10-15-14(5-6-18)11(2)19(16(12)15)7-4-8-20/h9-10,20H,3-8,18H2,1-2H3,(H,21,22). The van der Waals surface area contributed by atoms with E-state index in [1.165, 1.54) is 0 Å². The number of benzene rings is 1. The van der Waals surface area contributed by atoms with Gasteiger partial charge in [-0.3, -0.25) is 0 Å². The van der Waals surface area contributed by atoms with Crippen molar-refractivity contribution < 1.29 is 15.0 Å². The minimum Gasteiger partial charge on any atom is -0.478 e. The summed E-state index contributed by atoms with van der Waals surface area (Å²) in [7, 11) is 0. The maximum atomic E-state index is 11.4. The van der Waals surface area contributed by atoms with Gasteiger partial charge in [0.05, 0.1) is 11.1 Å². The van der Waals surface area contributed by atoms with Gasteiger partial charge in [-0.25, -0.2) is 4.79 Å². The van der Waals surface area contributed by atoms with Crippen LogP contribution in [0, 0.1) is 6.92 Å². The van der Waals surface area contributed by atoms with E-state index < -0.39 is 5.97 Å². The molecule has 1 aromatic carbocycles. The third-order valence-electron chi connectivity index (χ3n) is 4.19. The summed E-state index contributed by atoms with van der Waals surface area (Å²) >= 11 is 0. The highest BCUT2D eigenvalue weighted by molar-refractivity contribution is 5.97. The summed E-state index contributed by atoms with van der Waals surface area (Å²) in [6.45, 7) is 5.46. The number of nitrogens with two attached hydrogens (primary N) is 1. The summed E-state index contributed by atoms with van der Waals surface area (Å²) in [5.41, 5.74) is 10.4. The van der Waals surface area contributed by atoms with Gasteiger partial charge in [0.2, 0.25) is 0 Å². The summed E-state index contributed by atoms with van der Waals surface area (Å²) in [5.74, 6) is -0.906. The van der Waals surface area contributed by atoms with Crippen LogP contribution in [0.2, 0.25) is 0 Å². The molecule has 0 amide bonds. The number of aryl methyl sites for hydroxylation is 2. The van der Waals surface area contributed by atoms with Crippen molar-refractivity contribution in [2.24, 2.45) is 5.73 Å². The van der Waals surface area contributed by atoms with Gasteiger partial charge in [0.15, 0.2) is 0 Å². The predicted octanol–water partition coefficient (Wildman–Crippen LogP) is 2.09. The van der Waals surface area contributed by atoms with E-state index in [0.717, 1.165) is 47.1 Å². The first kappa shape index (κ1) is 16.5. The Kier molecular flexibility index (Phi) is 5.21. The predicted molar refractivity (Wildman–Crippen MR) is 87.5 cm³/mol. The molecule has 0 bridgehead atoms. The monoisotopic (exact) mass is 304 g/mol. The number of aromatic nitrogens is 1. The van der Waals surface area contributed by atoms with Crippen molar-refractivity contribution in [3.05, 3.63) is 34.5 Å². The number of aromatic carboxylic acids is 1. The summed E-state index contributed by atoms with van der Waals surface area (Å²) in [6.07, 6.45) is 2.17. The first-order chi connectivity index (χ1) is 10.5. The lowest BCUT2D eigenvalue weighted by atomic mass is 10.0. The van der Waals surface area contributed by atoms with E-state index in [9.17, 15) is 9.90 Å². The molecule has 0 fully saturated rings. The zero-order valence-electron chi connectivity index (χ0n) is 13.2. The highest BCUT2D eigenvalue weighted by Crippen LogP contribution is 2.31. The van der Waals surface area contributed by atoms with Crippen molar-refractivity contribution >= 4 is 16.9 Å². The average molecular weight is 304 g/mol. The Bertz CT molecular complexity index is 689. The molecule has 1 aromatic heterocycles. The molecular weight excluding hydrogens is 280 g/mol. The fourth-order valence-electron chi connectivity index (χ4n) is 3.13. The van der Waals surface area contributed by atoms with Gasteiger partial charge in [0, 0.05) is 24.2 Å². The molecule has 0 unspecified atom stereocenters. The van der Waals surface area contributed by atoms with Crippen molar-refractivity contribution in [1.29, 1.82) is 0 Å². The SMILES string of the molecule is CCc1cc(C(=O)O)cc2c(CCN)c(C)n(CCCO)c12. The van der Waals surface area contributed by atoms with E-state index in [1.807, 2.05) is 13.8 Å². The van der Waals surface area contributed by atoms with Gasteiger partial charge in [-0.2, -0.15) is 0 Å². The molecule has 120 valence electrons. The van der Waals surface area contributed by atoms with Crippen molar-refractivity contribution in [2.45, 2.75) is 39.7 Å². The summed E-state index contributed by atoms with van der Waals surface area (Å²) in [5, 5.41) is 19.5. The Labute approximate surface area is 130 Å². The number of hydrogen-bond acceptors (Lipinski definition) is 3. The molecule has 0 aliphatic heterocycles. The minimum absolute atomic E-state index is 0.139. The zero-order chi connectivity index (χ0) is 16.3. The molecule has 5 heteroatoms. The Morgan fingerprint density at radius 3 is 2.64 bits per heavy atom. The van der Waals surface area contributed by atoms with Crippen LogP contribution in [0.15, 0.2) is 12.1 Å². The van der Waals surface area contributed by atoms with Gasteiger partial charge in [0.25, 0.3) is 0 Å². The van der Waals surface area contributed by atoms with Crippen molar-refractivity contribution in [1.82, 2.24) is 4.57 Å². The van der Waals surface area contributed by atoms with Crippen LogP contribution in [0.5, 0.6) is 0 Å². The fraction of sp³-hybridized carbons (Fsp3) is 0.471. The zero-order valence-corrected chi connectivity index (χ0v) is 13.2. The summed E-state index contributed by atoms with van der Waals surface area (Å²) in [4.78, 5) is 11.4. The number of fused-ring (bicyclic) bond motifs is 1. The number of aliphatic hydroxyl groups excluding tert-OH is 1. The van der Waals surface area contributed by atoms with Gasteiger partial charge < -0.3 is 20.5 Å². The van der Waals surface area contributed by atoms with E-state index in [-0.39, 0.29) is 6.61 Å². The second-order valence-corrected chi connectivity index (χ2v) is 5.52. The number of carbonyl (C=O) groups is 1. The number of carboxylic acid groups (broad SMARTS) is 1. The maximum Gasteiger partial charge on any atom is 0.335 e. The summed E-state index contributed by atoms with van der Waals surface area (Å²) < 4.78 is 2.20. The molecule has 4 N–H and O–H groups in total. The quantitative estimate of drug-likeness (QED) is 0.731. The van der Waals surface area contributed by atoms with E-state index in [1.54, 1.807) is 12.1 Å². The largest absolute Gasteiger partial charge is 0.478 e. The van der Waals surface area contributed by atoms with E-state index in [2.05, 4.69) is 4.57 Å². The van der Waals surface area contributed by atoms with E-state index >= 15 is 0 Å². The normalized spacial score (nSPS) is 11.3. The molecule has 22 heavy (non-hydrogen) atoms. The van der Waals surface area contributed by atoms with Crippen LogP contribution in [-0.2, 0) is 19.4 Å². The molecule has 0 saturated heterocycles. The number of rotatable bonds is 7. The fourth-order valence-corrected chi connectivity index (χ4v) is 3.13. The smallest absolute Gasteiger partial charge is 0.335 e. The lowest BCUT2D eigenvalue weighted by Crippen LogP contribution is -2.06. The molecule has 5 nitrogen and oxygen atoms in total. The molecule has 0 radical (unpaired) electrons. The molecular formula is C17H24N2O3. The summed E-state index contributed by atoms with van der Waals surface area (Å²) in [6, 6.07) is 3.51. The van der Waals surface area contributed by atoms with Gasteiger partial charge in [-0.1, -0.05) is 6.92 Å². The number of hydrogen-bond donors (Lipinski definition) is 3. The van der Waals surface area contributed by atoms with Gasteiger partial charge >= 0.3 is 5.97 Å². The first-order valence-corrected chi connectivity index (χ1v) is 7.73. The number of carboxylic acids is 1. The molecule has 0 aliphatic carbocycles. The van der Waals surface area contributed by atoms with Crippen LogP contribution in [0.1, 0.15) is 40.5 Å². The highest BCUT2D eigenvalue weighted by Gasteiger charge is 2.18. The van der Waals surface area contributed by atoms with Crippen molar-refractivity contribution in [2.75, 3.05) is 13.2 Å².